The van der Waals surface area contributed by atoms with Crippen molar-refractivity contribution in [2.24, 2.45) is 11.8 Å². The van der Waals surface area contributed by atoms with E-state index in [1.807, 2.05) is 91.0 Å². The zero-order valence-electron chi connectivity index (χ0n) is 30.6. The van der Waals surface area contributed by atoms with Gasteiger partial charge in [-0.3, -0.25) is 28.9 Å². The Kier molecular flexibility index (Phi) is 10.9. The van der Waals surface area contributed by atoms with E-state index in [2.05, 4.69) is 5.32 Å². The average molecular weight is 741 g/mol. The molecule has 0 spiro atoms. The van der Waals surface area contributed by atoms with Crippen LogP contribution in [0, 0.1) is 11.8 Å². The average Bonchev–Trinajstić information content (AvgIpc) is 3.74. The van der Waals surface area contributed by atoms with Gasteiger partial charge in [0.15, 0.2) is 0 Å². The van der Waals surface area contributed by atoms with Gasteiger partial charge in [0.05, 0.1) is 62.7 Å². The number of nitrogens with one attached hydrogen (secondary N) is 1. The van der Waals surface area contributed by atoms with Crippen molar-refractivity contribution in [2.75, 3.05) is 34.0 Å². The van der Waals surface area contributed by atoms with Crippen LogP contribution in [0.4, 0.5) is 0 Å². The molecule has 0 aromatic heterocycles. The quantitative estimate of drug-likeness (QED) is 0.0889. The van der Waals surface area contributed by atoms with Crippen molar-refractivity contribution in [3.05, 3.63) is 108 Å². The molecule has 3 amide bonds. The van der Waals surface area contributed by atoms with Crippen LogP contribution in [0.1, 0.15) is 49.8 Å². The number of ether oxygens (including phenoxy) is 5. The van der Waals surface area contributed by atoms with Crippen molar-refractivity contribution in [3.8, 4) is 11.5 Å². The zero-order valence-corrected chi connectivity index (χ0v) is 30.6. The van der Waals surface area contributed by atoms with Crippen LogP contribution in [0.5, 0.6) is 11.5 Å². The van der Waals surface area contributed by atoms with Gasteiger partial charge in [-0.25, -0.2) is 0 Å². The number of carbonyl (C=O) groups is 5. The normalized spacial score (nSPS) is 23.2. The molecule has 1 unspecified atom stereocenters. The van der Waals surface area contributed by atoms with Gasteiger partial charge in [0, 0.05) is 13.0 Å². The predicted molar refractivity (Wildman–Crippen MR) is 193 cm³/mol. The summed E-state index contributed by atoms with van der Waals surface area (Å²) in [6, 6.07) is 23.3. The summed E-state index contributed by atoms with van der Waals surface area (Å²) in [5.41, 5.74) is -0.826. The largest absolute Gasteiger partial charge is 0.497 e. The lowest BCUT2D eigenvalue weighted by Gasteiger charge is -2.37. The number of aliphatic carboxylic acids is 1. The van der Waals surface area contributed by atoms with Gasteiger partial charge < -0.3 is 34.1 Å². The molecule has 13 heteroatoms. The number of esters is 1. The van der Waals surface area contributed by atoms with Crippen molar-refractivity contribution in [3.63, 3.8) is 0 Å². The minimum absolute atomic E-state index is 0.152. The van der Waals surface area contributed by atoms with E-state index in [0.29, 0.717) is 11.5 Å². The van der Waals surface area contributed by atoms with Crippen LogP contribution in [0.25, 0.3) is 0 Å². The van der Waals surface area contributed by atoms with Crippen molar-refractivity contribution in [1.82, 2.24) is 10.2 Å². The smallest absolute Gasteiger partial charge is 0.306 e. The summed E-state index contributed by atoms with van der Waals surface area (Å²) in [7, 11) is 3.14. The fraction of sp³-hybridized carbons (Fsp3) is 0.390. The Bertz CT molecular complexity index is 1830. The summed E-state index contributed by atoms with van der Waals surface area (Å²) in [5, 5.41) is 11.9. The number of hydrogen-bond donors (Lipinski definition) is 2. The maximum absolute atomic E-state index is 13.6. The number of nitrogens with zero attached hydrogens (tertiary/aromatic N) is 1. The molecular weight excluding hydrogens is 696 g/mol. The first-order valence-electron chi connectivity index (χ1n) is 17.7. The maximum Gasteiger partial charge on any atom is 0.306 e. The lowest BCUT2D eigenvalue weighted by molar-refractivity contribution is -0.149. The van der Waals surface area contributed by atoms with E-state index in [1.165, 1.54) is 0 Å². The molecule has 3 aromatic rings. The van der Waals surface area contributed by atoms with E-state index in [1.54, 1.807) is 28.1 Å². The van der Waals surface area contributed by atoms with Crippen LogP contribution >= 0.6 is 0 Å². The molecule has 2 fully saturated rings. The number of methoxy groups -OCH3 is 2. The molecule has 0 saturated carbocycles. The van der Waals surface area contributed by atoms with Crippen LogP contribution < -0.4 is 14.8 Å². The molecule has 2 N–H and O–H groups in total. The second-order valence-electron chi connectivity index (χ2n) is 14.0. The number of amides is 3. The fourth-order valence-electron chi connectivity index (χ4n) is 7.73. The lowest BCUT2D eigenvalue weighted by Crippen LogP contribution is -2.46. The van der Waals surface area contributed by atoms with Gasteiger partial charge in [-0.15, -0.1) is 0 Å². The van der Waals surface area contributed by atoms with Crippen molar-refractivity contribution in [2.45, 2.75) is 56.0 Å². The van der Waals surface area contributed by atoms with E-state index >= 15 is 0 Å². The highest BCUT2D eigenvalue weighted by atomic mass is 16.5. The third-order valence-electron chi connectivity index (χ3n) is 10.4. The molecule has 54 heavy (non-hydrogen) atoms. The Balaban J connectivity index is 1.26. The molecule has 5 atom stereocenters. The predicted octanol–water partition coefficient (Wildman–Crippen LogP) is 4.01. The van der Waals surface area contributed by atoms with Gasteiger partial charge in [-0.2, -0.15) is 0 Å². The molecule has 2 bridgehead atoms. The number of imide groups is 1. The highest BCUT2D eigenvalue weighted by Crippen LogP contribution is 2.57. The first-order chi connectivity index (χ1) is 25.8. The van der Waals surface area contributed by atoms with E-state index in [9.17, 15) is 24.0 Å². The van der Waals surface area contributed by atoms with Crippen molar-refractivity contribution in [1.29, 1.82) is 0 Å². The molecule has 3 aromatic carbocycles. The van der Waals surface area contributed by atoms with E-state index in [0.717, 1.165) is 21.6 Å². The molecule has 6 rings (SSSR count). The first kappa shape index (κ1) is 38.2. The molecule has 3 heterocycles. The Morgan fingerprint density at radius 2 is 1.30 bits per heavy atom. The van der Waals surface area contributed by atoms with Crippen molar-refractivity contribution >= 4 is 29.7 Å². The van der Waals surface area contributed by atoms with Gasteiger partial charge in [-0.05, 0) is 54.8 Å². The zero-order chi connectivity index (χ0) is 38.7. The number of carbonyl (C=O) groups excluding carboxylic acids is 4. The standard InChI is InChI=1S/C41H44N2O11/c1-39-21-22-40(2,54-39)36-35(39)37(48)43(38(36)49)23-20-32(44)42-29(24-52-34(47)19-18-33(45)46)25-53-41(26-8-6-5-7-9-26,27-10-14-30(50-3)15-11-27)28-12-16-31(51-4)17-13-28/h5-17,21-22,29,35-36H,18-20,23-25H2,1-4H3,(H,42,44)(H,45,46)/t29?,35-,36+,39-,40+. The monoisotopic (exact) mass is 740 g/mol. The number of fused-ring (bicyclic) bond motifs is 5. The molecule has 3 aliphatic rings. The molecule has 0 radical (unpaired) electrons. The third kappa shape index (κ3) is 7.33. The summed E-state index contributed by atoms with van der Waals surface area (Å²) in [6.07, 6.45) is 2.65. The Morgan fingerprint density at radius 1 is 0.778 bits per heavy atom. The summed E-state index contributed by atoms with van der Waals surface area (Å²) < 4.78 is 29.3. The highest BCUT2D eigenvalue weighted by Gasteiger charge is 2.70. The number of likely N-dealkylation sites (tertiary alicyclic amines) is 1. The third-order valence-corrected chi connectivity index (χ3v) is 10.4. The summed E-state index contributed by atoms with van der Waals surface area (Å²) in [4.78, 5) is 65.3. The second kappa shape index (κ2) is 15.4. The van der Waals surface area contributed by atoms with Crippen LogP contribution in [-0.4, -0.2) is 90.9 Å². The number of carboxylic acids is 1. The van der Waals surface area contributed by atoms with E-state index in [-0.39, 0.29) is 44.4 Å². The van der Waals surface area contributed by atoms with E-state index in [4.69, 9.17) is 28.8 Å². The highest BCUT2D eigenvalue weighted by molar-refractivity contribution is 6.07. The molecule has 284 valence electrons. The van der Waals surface area contributed by atoms with Crippen LogP contribution in [0.2, 0.25) is 0 Å². The minimum Gasteiger partial charge on any atom is -0.497 e. The Labute approximate surface area is 313 Å². The molecule has 0 aliphatic carbocycles. The number of carboxylic acid groups (broad SMARTS) is 1. The fourth-order valence-corrected chi connectivity index (χ4v) is 7.73. The summed E-state index contributed by atoms with van der Waals surface area (Å²) in [6.45, 7) is 2.90. The Morgan fingerprint density at radius 3 is 1.80 bits per heavy atom. The van der Waals surface area contributed by atoms with Crippen LogP contribution in [0.15, 0.2) is 91.0 Å². The van der Waals surface area contributed by atoms with Gasteiger partial charge >= 0.3 is 11.9 Å². The van der Waals surface area contributed by atoms with Gasteiger partial charge in [-0.1, -0.05) is 66.7 Å². The first-order valence-corrected chi connectivity index (χ1v) is 17.7. The van der Waals surface area contributed by atoms with Crippen molar-refractivity contribution < 1.29 is 52.8 Å². The summed E-state index contributed by atoms with van der Waals surface area (Å²) in [5.74, 6) is -3.27. The van der Waals surface area contributed by atoms with Gasteiger partial charge in [0.25, 0.3) is 0 Å². The molecular formula is C41H44N2O11. The maximum atomic E-state index is 13.6. The number of benzene rings is 3. The molecule has 2 saturated heterocycles. The van der Waals surface area contributed by atoms with Gasteiger partial charge in [0.1, 0.15) is 23.7 Å². The van der Waals surface area contributed by atoms with E-state index < -0.39 is 58.9 Å². The minimum atomic E-state index is -1.26. The van der Waals surface area contributed by atoms with Crippen LogP contribution in [-0.2, 0) is 43.8 Å². The second-order valence-corrected chi connectivity index (χ2v) is 14.0. The van der Waals surface area contributed by atoms with Crippen LogP contribution in [0.3, 0.4) is 0 Å². The Hall–Kier alpha value is -5.53. The van der Waals surface area contributed by atoms with Gasteiger partial charge in [0.2, 0.25) is 17.7 Å². The summed E-state index contributed by atoms with van der Waals surface area (Å²) >= 11 is 0. The number of rotatable bonds is 17. The molecule has 13 nitrogen and oxygen atoms in total. The lowest BCUT2D eigenvalue weighted by atomic mass is 9.73. The number of hydrogen-bond acceptors (Lipinski definition) is 10. The molecule has 3 aliphatic heterocycles. The topological polar surface area (TPSA) is 167 Å². The SMILES string of the molecule is COc1ccc(C(OCC(COC(=O)CCC(=O)O)NC(=O)CCN2C(=O)[C@@H]3[C@H](C2=O)[C@@]2(C)C=C[C@]3(C)O2)(c2ccccc2)c2ccc(OC)cc2)cc1.